The molecule has 0 N–H and O–H groups in total. The molecule has 0 aliphatic carbocycles. The van der Waals surface area contributed by atoms with Gasteiger partial charge < -0.3 is 4.90 Å². The van der Waals surface area contributed by atoms with Crippen molar-refractivity contribution in [2.45, 2.75) is 0 Å². The molecule has 3 heteroatoms. The van der Waals surface area contributed by atoms with Crippen molar-refractivity contribution in [3.63, 3.8) is 0 Å². The smallest absolute Gasteiger partial charge is 0.0538 e. The Bertz CT molecular complexity index is 2870. The number of rotatable bonds is 6. The molecule has 8 aromatic carbocycles. The van der Waals surface area contributed by atoms with Crippen molar-refractivity contribution in [3.8, 4) is 33.4 Å². The van der Waals surface area contributed by atoms with Crippen molar-refractivity contribution in [3.05, 3.63) is 194 Å². The standard InChI is InChI=1S/C49H32N2S/c1-2-9-33(10-3-1)34-17-23-38(24-18-34)51(39-25-19-35(20-26-39)42-15-8-16-46-45-29-30-50-32-48(45)52-49(42)46)40-27-21-36(22-28-40)47-31-37-11-4-5-12-41(37)43-13-6-7-14-44(43)47/h1-32H. The molecular formula is C49H32N2S. The lowest BCUT2D eigenvalue weighted by Gasteiger charge is -2.26. The van der Waals surface area contributed by atoms with Gasteiger partial charge in [-0.2, -0.15) is 0 Å². The number of hydrogen-bond acceptors (Lipinski definition) is 3. The first-order chi connectivity index (χ1) is 25.8. The molecule has 0 radical (unpaired) electrons. The Kier molecular flexibility index (Phi) is 7.37. The van der Waals surface area contributed by atoms with Crippen LogP contribution in [-0.2, 0) is 0 Å². The summed E-state index contributed by atoms with van der Waals surface area (Å²) in [6, 6.07) is 66.0. The van der Waals surface area contributed by atoms with Crippen LogP contribution in [0, 0.1) is 0 Å². The zero-order valence-corrected chi connectivity index (χ0v) is 29.1. The highest BCUT2D eigenvalue weighted by molar-refractivity contribution is 7.26. The van der Waals surface area contributed by atoms with Crippen LogP contribution >= 0.6 is 11.3 Å². The molecule has 0 aliphatic rings. The molecule has 0 fully saturated rings. The second-order valence-electron chi connectivity index (χ2n) is 13.2. The van der Waals surface area contributed by atoms with Crippen LogP contribution in [0.1, 0.15) is 0 Å². The molecule has 0 saturated heterocycles. The van der Waals surface area contributed by atoms with Crippen LogP contribution in [0.25, 0.3) is 75.1 Å². The molecule has 2 heterocycles. The number of fused-ring (bicyclic) bond motifs is 6. The second kappa shape index (κ2) is 12.6. The van der Waals surface area contributed by atoms with Crippen molar-refractivity contribution < 1.29 is 0 Å². The van der Waals surface area contributed by atoms with Gasteiger partial charge in [0.15, 0.2) is 0 Å². The van der Waals surface area contributed by atoms with Gasteiger partial charge >= 0.3 is 0 Å². The van der Waals surface area contributed by atoms with Crippen molar-refractivity contribution >= 4 is 70.1 Å². The Balaban J connectivity index is 1.07. The molecule has 0 bridgehead atoms. The minimum Gasteiger partial charge on any atom is -0.311 e. The zero-order chi connectivity index (χ0) is 34.4. The number of nitrogens with zero attached hydrogens (tertiary/aromatic N) is 2. The van der Waals surface area contributed by atoms with E-state index in [0.717, 1.165) is 17.1 Å². The van der Waals surface area contributed by atoms with Crippen LogP contribution in [0.5, 0.6) is 0 Å². The van der Waals surface area contributed by atoms with Gasteiger partial charge in [-0.1, -0.05) is 133 Å². The Labute approximate surface area is 306 Å². The lowest BCUT2D eigenvalue weighted by Crippen LogP contribution is -2.09. The van der Waals surface area contributed by atoms with E-state index in [-0.39, 0.29) is 0 Å². The van der Waals surface area contributed by atoms with E-state index in [9.17, 15) is 0 Å². The maximum Gasteiger partial charge on any atom is 0.0538 e. The molecule has 0 aliphatic heterocycles. The summed E-state index contributed by atoms with van der Waals surface area (Å²) in [5.41, 5.74) is 10.6. The fourth-order valence-electron chi connectivity index (χ4n) is 7.63. The predicted octanol–water partition coefficient (Wildman–Crippen LogP) is 14.2. The molecule has 2 aromatic heterocycles. The van der Waals surface area contributed by atoms with Crippen LogP contribution < -0.4 is 4.90 Å². The van der Waals surface area contributed by atoms with Gasteiger partial charge in [-0.3, -0.25) is 4.98 Å². The van der Waals surface area contributed by atoms with E-state index in [1.54, 1.807) is 0 Å². The molecular weight excluding hydrogens is 649 g/mol. The number of thiophene rings is 1. The van der Waals surface area contributed by atoms with E-state index >= 15 is 0 Å². The highest BCUT2D eigenvalue weighted by atomic mass is 32.1. The average molecular weight is 681 g/mol. The van der Waals surface area contributed by atoms with Gasteiger partial charge in [-0.05, 0) is 103 Å². The molecule has 0 amide bonds. The third-order valence-electron chi connectivity index (χ3n) is 10.2. The summed E-state index contributed by atoms with van der Waals surface area (Å²) in [5.74, 6) is 0. The average Bonchev–Trinajstić information content (AvgIpc) is 3.61. The largest absolute Gasteiger partial charge is 0.311 e. The lowest BCUT2D eigenvalue weighted by molar-refractivity contribution is 1.28. The molecule has 0 unspecified atom stereocenters. The lowest BCUT2D eigenvalue weighted by atomic mass is 9.93. The molecule has 244 valence electrons. The van der Waals surface area contributed by atoms with E-state index < -0.39 is 0 Å². The predicted molar refractivity (Wildman–Crippen MR) is 223 cm³/mol. The zero-order valence-electron chi connectivity index (χ0n) is 28.3. The number of hydrogen-bond donors (Lipinski definition) is 0. The van der Waals surface area contributed by atoms with Gasteiger partial charge in [-0.25, -0.2) is 0 Å². The quantitative estimate of drug-likeness (QED) is 0.163. The SMILES string of the molecule is c1ccc(-c2ccc(N(c3ccc(-c4cc5ccccc5c5ccccc45)cc3)c3ccc(-c4cccc5c4sc4cnccc45)cc3)cc2)cc1. The maximum absolute atomic E-state index is 4.37. The Morgan fingerprint density at radius 2 is 0.942 bits per heavy atom. The van der Waals surface area contributed by atoms with E-state index in [0.29, 0.717) is 0 Å². The first-order valence-electron chi connectivity index (χ1n) is 17.6. The normalized spacial score (nSPS) is 11.5. The van der Waals surface area contributed by atoms with Crippen LogP contribution in [0.3, 0.4) is 0 Å². The van der Waals surface area contributed by atoms with Gasteiger partial charge in [-0.15, -0.1) is 11.3 Å². The molecule has 2 nitrogen and oxygen atoms in total. The molecule has 10 aromatic rings. The number of anilines is 3. The van der Waals surface area contributed by atoms with Gasteiger partial charge in [0.2, 0.25) is 0 Å². The summed E-state index contributed by atoms with van der Waals surface area (Å²) >= 11 is 1.81. The summed E-state index contributed by atoms with van der Waals surface area (Å²) in [4.78, 5) is 6.73. The van der Waals surface area contributed by atoms with Crippen LogP contribution in [0.2, 0.25) is 0 Å². The van der Waals surface area contributed by atoms with Crippen molar-refractivity contribution in [1.82, 2.24) is 4.98 Å². The molecule has 52 heavy (non-hydrogen) atoms. The molecule has 10 rings (SSSR count). The van der Waals surface area contributed by atoms with Crippen LogP contribution in [-0.4, -0.2) is 4.98 Å². The van der Waals surface area contributed by atoms with Crippen LogP contribution in [0.4, 0.5) is 17.1 Å². The number of aromatic nitrogens is 1. The monoisotopic (exact) mass is 680 g/mol. The fourth-order valence-corrected chi connectivity index (χ4v) is 8.84. The molecule has 0 spiro atoms. The van der Waals surface area contributed by atoms with Crippen molar-refractivity contribution in [2.24, 2.45) is 0 Å². The third-order valence-corrected chi connectivity index (χ3v) is 11.4. The fraction of sp³-hybridized carbons (Fsp3) is 0. The maximum atomic E-state index is 4.37. The van der Waals surface area contributed by atoms with Gasteiger partial charge in [0, 0.05) is 44.9 Å². The molecule has 0 saturated carbocycles. The minimum atomic E-state index is 1.10. The summed E-state index contributed by atoms with van der Waals surface area (Å²) in [6.45, 7) is 0. The second-order valence-corrected chi connectivity index (χ2v) is 14.2. The van der Waals surface area contributed by atoms with E-state index in [1.165, 1.54) is 75.1 Å². The first-order valence-corrected chi connectivity index (χ1v) is 18.4. The van der Waals surface area contributed by atoms with Crippen molar-refractivity contribution in [1.29, 1.82) is 0 Å². The van der Waals surface area contributed by atoms with Gasteiger partial charge in [0.05, 0.1) is 4.70 Å². The summed E-state index contributed by atoms with van der Waals surface area (Å²) in [5, 5.41) is 7.63. The summed E-state index contributed by atoms with van der Waals surface area (Å²) in [6.07, 6.45) is 3.86. The molecule has 0 atom stereocenters. The van der Waals surface area contributed by atoms with Gasteiger partial charge in [0.25, 0.3) is 0 Å². The van der Waals surface area contributed by atoms with E-state index in [1.807, 2.05) is 23.7 Å². The van der Waals surface area contributed by atoms with Crippen LogP contribution in [0.15, 0.2) is 194 Å². The Morgan fingerprint density at radius 1 is 0.385 bits per heavy atom. The number of pyridine rings is 1. The number of benzene rings is 8. The Morgan fingerprint density at radius 3 is 1.65 bits per heavy atom. The van der Waals surface area contributed by atoms with E-state index in [4.69, 9.17) is 0 Å². The minimum absolute atomic E-state index is 1.10. The Hall–Kier alpha value is -6.55. The highest BCUT2D eigenvalue weighted by Crippen LogP contribution is 2.42. The third kappa shape index (κ3) is 5.22. The summed E-state index contributed by atoms with van der Waals surface area (Å²) in [7, 11) is 0. The van der Waals surface area contributed by atoms with Gasteiger partial charge in [0.1, 0.15) is 0 Å². The van der Waals surface area contributed by atoms with E-state index in [2.05, 4.69) is 192 Å². The highest BCUT2D eigenvalue weighted by Gasteiger charge is 2.16. The topological polar surface area (TPSA) is 16.1 Å². The first kappa shape index (κ1) is 30.3. The van der Waals surface area contributed by atoms with Crippen molar-refractivity contribution in [2.75, 3.05) is 4.90 Å². The summed E-state index contributed by atoms with van der Waals surface area (Å²) < 4.78 is 2.51.